The van der Waals surface area contributed by atoms with Gasteiger partial charge in [-0.2, -0.15) is 0 Å². The molecule has 1 aliphatic heterocycles. The Morgan fingerprint density at radius 1 is 1.33 bits per heavy atom. The number of nitrogen functional groups attached to an aromatic ring is 1. The molecule has 0 unspecified atom stereocenters. The number of anilines is 1. The van der Waals surface area contributed by atoms with E-state index in [1.54, 1.807) is 0 Å². The molecule has 1 saturated heterocycles. The van der Waals surface area contributed by atoms with Crippen LogP contribution in [0.25, 0.3) is 0 Å². The van der Waals surface area contributed by atoms with Crippen molar-refractivity contribution >= 4 is 42.1 Å². The molecule has 0 bridgehead atoms. The molecule has 21 heavy (non-hydrogen) atoms. The van der Waals surface area contributed by atoms with Crippen molar-refractivity contribution in [3.8, 4) is 0 Å². The quantitative estimate of drug-likeness (QED) is 0.627. The molecule has 0 amide bonds. The van der Waals surface area contributed by atoms with Crippen LogP contribution in [-0.4, -0.2) is 31.1 Å². The van der Waals surface area contributed by atoms with Crippen LogP contribution in [0.5, 0.6) is 0 Å². The Morgan fingerprint density at radius 2 is 2.00 bits per heavy atom. The molecule has 0 saturated carbocycles. The topological polar surface area (TPSA) is 41.3 Å². The Hall–Kier alpha value is -0.450. The van der Waals surface area contributed by atoms with Crippen LogP contribution in [0.4, 0.5) is 5.69 Å². The van der Waals surface area contributed by atoms with E-state index in [0.717, 1.165) is 55.3 Å². The van der Waals surface area contributed by atoms with Gasteiger partial charge in [0, 0.05) is 42.9 Å². The molecule has 1 atom stereocenters. The fourth-order valence-corrected chi connectivity index (χ4v) is 2.82. The SMILES string of the molecule is C=CCC[C@H](c1cc(Cl)ccc1N)N1CCNCC1.Cl.Cl. The number of allylic oxidation sites excluding steroid dienone is 1. The van der Waals surface area contributed by atoms with Crippen molar-refractivity contribution < 1.29 is 0 Å². The third kappa shape index (κ3) is 5.68. The average Bonchev–Trinajstić information content (AvgIpc) is 2.44. The highest BCUT2D eigenvalue weighted by Gasteiger charge is 2.23. The molecule has 1 heterocycles. The van der Waals surface area contributed by atoms with Crippen LogP contribution in [0.15, 0.2) is 30.9 Å². The maximum atomic E-state index is 6.14. The van der Waals surface area contributed by atoms with Crippen molar-refractivity contribution in [2.75, 3.05) is 31.9 Å². The van der Waals surface area contributed by atoms with Gasteiger partial charge in [-0.15, -0.1) is 31.4 Å². The highest BCUT2D eigenvalue weighted by Crippen LogP contribution is 2.32. The van der Waals surface area contributed by atoms with Crippen LogP contribution in [0.1, 0.15) is 24.4 Å². The number of nitrogens with zero attached hydrogens (tertiary/aromatic N) is 1. The minimum absolute atomic E-state index is 0. The lowest BCUT2D eigenvalue weighted by atomic mass is 9.98. The van der Waals surface area contributed by atoms with Gasteiger partial charge < -0.3 is 11.1 Å². The normalized spacial score (nSPS) is 16.4. The number of benzene rings is 1. The van der Waals surface area contributed by atoms with E-state index in [-0.39, 0.29) is 24.8 Å². The minimum atomic E-state index is 0. The van der Waals surface area contributed by atoms with Crippen LogP contribution in [-0.2, 0) is 0 Å². The standard InChI is InChI=1S/C15H22ClN3.2ClH/c1-2-3-4-15(19-9-7-18-8-10-19)13-11-12(16)5-6-14(13)17;;/h2,5-6,11,15,18H,1,3-4,7-10,17H2;2*1H/t15-;;/m1../s1. The monoisotopic (exact) mass is 351 g/mol. The van der Waals surface area contributed by atoms with E-state index in [2.05, 4.69) is 16.8 Å². The Balaban J connectivity index is 0.00000200. The lowest BCUT2D eigenvalue weighted by Crippen LogP contribution is -2.45. The smallest absolute Gasteiger partial charge is 0.0410 e. The largest absolute Gasteiger partial charge is 0.398 e. The molecule has 1 fully saturated rings. The molecule has 0 aromatic heterocycles. The first-order valence-corrected chi connectivity index (χ1v) is 7.20. The molecular weight excluding hydrogens is 329 g/mol. The van der Waals surface area contributed by atoms with Gasteiger partial charge in [-0.1, -0.05) is 17.7 Å². The van der Waals surface area contributed by atoms with E-state index in [0.29, 0.717) is 6.04 Å². The van der Waals surface area contributed by atoms with E-state index in [9.17, 15) is 0 Å². The summed E-state index contributed by atoms with van der Waals surface area (Å²) >= 11 is 6.13. The Labute approximate surface area is 144 Å². The summed E-state index contributed by atoms with van der Waals surface area (Å²) < 4.78 is 0. The summed E-state index contributed by atoms with van der Waals surface area (Å²) in [6, 6.07) is 6.09. The van der Waals surface area contributed by atoms with Gasteiger partial charge in [0.05, 0.1) is 0 Å². The van der Waals surface area contributed by atoms with Crippen LogP contribution >= 0.6 is 36.4 Å². The molecule has 1 aromatic rings. The van der Waals surface area contributed by atoms with Crippen LogP contribution in [0.3, 0.4) is 0 Å². The van der Waals surface area contributed by atoms with Gasteiger partial charge >= 0.3 is 0 Å². The predicted octanol–water partition coefficient (Wildman–Crippen LogP) is 3.68. The van der Waals surface area contributed by atoms with Crippen molar-refractivity contribution in [1.29, 1.82) is 0 Å². The zero-order chi connectivity index (χ0) is 13.7. The third-order valence-electron chi connectivity index (χ3n) is 3.64. The molecule has 0 aliphatic carbocycles. The second kappa shape index (κ2) is 10.3. The summed E-state index contributed by atoms with van der Waals surface area (Å²) in [6.07, 6.45) is 3.99. The van der Waals surface area contributed by atoms with Gasteiger partial charge in [-0.25, -0.2) is 0 Å². The number of rotatable bonds is 5. The first kappa shape index (κ1) is 20.6. The number of piperazine rings is 1. The first-order chi connectivity index (χ1) is 9.22. The van der Waals surface area contributed by atoms with Crippen LogP contribution in [0, 0.1) is 0 Å². The molecule has 120 valence electrons. The van der Waals surface area contributed by atoms with E-state index in [4.69, 9.17) is 17.3 Å². The minimum Gasteiger partial charge on any atom is -0.398 e. The fourth-order valence-electron chi connectivity index (χ4n) is 2.64. The van der Waals surface area contributed by atoms with Crippen molar-refractivity contribution in [2.45, 2.75) is 18.9 Å². The summed E-state index contributed by atoms with van der Waals surface area (Å²) in [5.74, 6) is 0. The molecule has 1 aromatic carbocycles. The zero-order valence-corrected chi connectivity index (χ0v) is 14.4. The molecule has 0 spiro atoms. The van der Waals surface area contributed by atoms with Crippen molar-refractivity contribution in [3.05, 3.63) is 41.4 Å². The molecule has 0 radical (unpaired) electrons. The van der Waals surface area contributed by atoms with Gasteiger partial charge in [0.1, 0.15) is 0 Å². The molecule has 3 N–H and O–H groups in total. The maximum absolute atomic E-state index is 6.14. The van der Waals surface area contributed by atoms with Gasteiger partial charge in [-0.05, 0) is 36.6 Å². The fraction of sp³-hybridized carbons (Fsp3) is 0.467. The predicted molar refractivity (Wildman–Crippen MR) is 97.0 cm³/mol. The number of halogens is 3. The van der Waals surface area contributed by atoms with E-state index in [1.165, 1.54) is 0 Å². The summed E-state index contributed by atoms with van der Waals surface area (Å²) in [6.45, 7) is 7.99. The molecule has 6 heteroatoms. The Morgan fingerprint density at radius 3 is 2.62 bits per heavy atom. The third-order valence-corrected chi connectivity index (χ3v) is 3.88. The van der Waals surface area contributed by atoms with Gasteiger partial charge in [-0.3, -0.25) is 4.90 Å². The number of hydrogen-bond acceptors (Lipinski definition) is 3. The van der Waals surface area contributed by atoms with Crippen molar-refractivity contribution in [2.24, 2.45) is 0 Å². The Bertz CT molecular complexity index is 434. The lowest BCUT2D eigenvalue weighted by Gasteiger charge is -2.35. The summed E-state index contributed by atoms with van der Waals surface area (Å²) in [5.41, 5.74) is 8.12. The van der Waals surface area contributed by atoms with Gasteiger partial charge in [0.25, 0.3) is 0 Å². The van der Waals surface area contributed by atoms with E-state index >= 15 is 0 Å². The average molecular weight is 353 g/mol. The van der Waals surface area contributed by atoms with E-state index < -0.39 is 0 Å². The Kier molecular flexibility index (Phi) is 10.1. The van der Waals surface area contributed by atoms with Gasteiger partial charge in [0.2, 0.25) is 0 Å². The molecular formula is C15H24Cl3N3. The number of nitrogens with two attached hydrogens (primary N) is 1. The molecule has 2 rings (SSSR count). The highest BCUT2D eigenvalue weighted by atomic mass is 35.5. The second-order valence-corrected chi connectivity index (χ2v) is 5.38. The number of nitrogens with one attached hydrogen (secondary N) is 1. The van der Waals surface area contributed by atoms with Crippen LogP contribution in [0.2, 0.25) is 5.02 Å². The maximum Gasteiger partial charge on any atom is 0.0410 e. The zero-order valence-electron chi connectivity index (χ0n) is 12.1. The lowest BCUT2D eigenvalue weighted by molar-refractivity contribution is 0.166. The highest BCUT2D eigenvalue weighted by molar-refractivity contribution is 6.30. The first-order valence-electron chi connectivity index (χ1n) is 6.83. The molecule has 3 nitrogen and oxygen atoms in total. The summed E-state index contributed by atoms with van der Waals surface area (Å²) in [7, 11) is 0. The second-order valence-electron chi connectivity index (χ2n) is 4.94. The van der Waals surface area contributed by atoms with Crippen LogP contribution < -0.4 is 11.1 Å². The van der Waals surface area contributed by atoms with E-state index in [1.807, 2.05) is 24.3 Å². The molecule has 1 aliphatic rings. The van der Waals surface area contributed by atoms with Gasteiger partial charge in [0.15, 0.2) is 0 Å². The van der Waals surface area contributed by atoms with Crippen molar-refractivity contribution in [3.63, 3.8) is 0 Å². The number of hydrogen-bond donors (Lipinski definition) is 2. The summed E-state index contributed by atoms with van der Waals surface area (Å²) in [5, 5.41) is 4.14. The van der Waals surface area contributed by atoms with Crippen molar-refractivity contribution in [1.82, 2.24) is 10.2 Å². The summed E-state index contributed by atoms with van der Waals surface area (Å²) in [4.78, 5) is 2.49.